The molecule has 2 aromatic carbocycles. The molecule has 0 bridgehead atoms. The Balaban J connectivity index is 1.49. The largest absolute Gasteiger partial charge is 0.391 e. The molecule has 1 aliphatic heterocycles. The zero-order chi connectivity index (χ0) is 17.5. The van der Waals surface area contributed by atoms with Gasteiger partial charge in [0.2, 0.25) is 0 Å². The summed E-state index contributed by atoms with van der Waals surface area (Å²) in [4.78, 5) is 14.5. The van der Waals surface area contributed by atoms with Crippen LogP contribution < -0.4 is 10.2 Å². The van der Waals surface area contributed by atoms with Gasteiger partial charge in [0.05, 0.1) is 19.3 Å². The Morgan fingerprint density at radius 1 is 1.08 bits per heavy atom. The summed E-state index contributed by atoms with van der Waals surface area (Å²) in [7, 11) is 0. The Kier molecular flexibility index (Phi) is 6.04. The number of rotatable bonds is 6. The van der Waals surface area contributed by atoms with Crippen LogP contribution in [-0.4, -0.2) is 50.0 Å². The number of nitrogens with zero attached hydrogens (tertiary/aromatic N) is 1. The minimum atomic E-state index is -0.598. The van der Waals surface area contributed by atoms with Gasteiger partial charge in [-0.2, -0.15) is 0 Å². The molecular weight excluding hydrogens is 316 g/mol. The van der Waals surface area contributed by atoms with Crippen LogP contribution in [0.5, 0.6) is 0 Å². The molecule has 5 nitrogen and oxygen atoms in total. The molecule has 2 aromatic rings. The van der Waals surface area contributed by atoms with Crippen LogP contribution in [0.2, 0.25) is 0 Å². The maximum atomic E-state index is 12.2. The second-order valence-corrected chi connectivity index (χ2v) is 6.20. The van der Waals surface area contributed by atoms with Crippen LogP contribution in [-0.2, 0) is 11.2 Å². The van der Waals surface area contributed by atoms with Crippen LogP contribution in [0.3, 0.4) is 0 Å². The number of benzene rings is 2. The number of aliphatic hydroxyl groups is 1. The van der Waals surface area contributed by atoms with Gasteiger partial charge in [0.25, 0.3) is 5.91 Å². The van der Waals surface area contributed by atoms with Crippen molar-refractivity contribution >= 4 is 11.6 Å². The highest BCUT2D eigenvalue weighted by atomic mass is 16.5. The fraction of sp³-hybridized carbons (Fsp3) is 0.350. The highest BCUT2D eigenvalue weighted by Crippen LogP contribution is 2.16. The second-order valence-electron chi connectivity index (χ2n) is 6.20. The summed E-state index contributed by atoms with van der Waals surface area (Å²) in [6.45, 7) is 3.45. The highest BCUT2D eigenvalue weighted by Gasteiger charge is 2.13. The van der Waals surface area contributed by atoms with Crippen molar-refractivity contribution in [1.29, 1.82) is 0 Å². The van der Waals surface area contributed by atoms with Crippen molar-refractivity contribution in [2.24, 2.45) is 0 Å². The first-order valence-electron chi connectivity index (χ1n) is 8.65. The van der Waals surface area contributed by atoms with Gasteiger partial charge >= 0.3 is 0 Å². The van der Waals surface area contributed by atoms with E-state index >= 15 is 0 Å². The SMILES string of the molecule is O=C(NC[C@@H](O)Cc1ccccc1)c1ccc(N2CCOCC2)cc1. The van der Waals surface area contributed by atoms with Crippen molar-refractivity contribution in [2.45, 2.75) is 12.5 Å². The molecule has 0 saturated carbocycles. The third-order valence-electron chi connectivity index (χ3n) is 4.32. The number of hydrogen-bond acceptors (Lipinski definition) is 4. The molecule has 0 aliphatic carbocycles. The third kappa shape index (κ3) is 5.05. The van der Waals surface area contributed by atoms with E-state index in [4.69, 9.17) is 4.74 Å². The monoisotopic (exact) mass is 340 g/mol. The summed E-state index contributed by atoms with van der Waals surface area (Å²) in [5.74, 6) is -0.166. The van der Waals surface area contributed by atoms with Crippen molar-refractivity contribution in [3.63, 3.8) is 0 Å². The van der Waals surface area contributed by atoms with E-state index in [9.17, 15) is 9.90 Å². The Morgan fingerprint density at radius 3 is 2.44 bits per heavy atom. The zero-order valence-electron chi connectivity index (χ0n) is 14.2. The van der Waals surface area contributed by atoms with Gasteiger partial charge < -0.3 is 20.1 Å². The predicted molar refractivity (Wildman–Crippen MR) is 98.0 cm³/mol. The fourth-order valence-corrected chi connectivity index (χ4v) is 2.92. The van der Waals surface area contributed by atoms with E-state index in [2.05, 4.69) is 10.2 Å². The molecule has 1 fully saturated rings. The van der Waals surface area contributed by atoms with Gasteiger partial charge in [-0.15, -0.1) is 0 Å². The van der Waals surface area contributed by atoms with Crippen LogP contribution in [0.25, 0.3) is 0 Å². The highest BCUT2D eigenvalue weighted by molar-refractivity contribution is 5.94. The normalized spacial score (nSPS) is 15.6. The van der Waals surface area contributed by atoms with Gasteiger partial charge in [-0.05, 0) is 29.8 Å². The summed E-state index contributed by atoms with van der Waals surface area (Å²) >= 11 is 0. The lowest BCUT2D eigenvalue weighted by Gasteiger charge is -2.28. The summed E-state index contributed by atoms with van der Waals surface area (Å²) in [6.07, 6.45) is -0.0733. The van der Waals surface area contributed by atoms with Gasteiger partial charge in [0.15, 0.2) is 0 Å². The average molecular weight is 340 g/mol. The van der Waals surface area contributed by atoms with E-state index in [1.807, 2.05) is 54.6 Å². The minimum absolute atomic E-state index is 0.166. The molecule has 25 heavy (non-hydrogen) atoms. The van der Waals surface area contributed by atoms with Gasteiger partial charge in [-0.1, -0.05) is 30.3 Å². The molecule has 1 atom stereocenters. The molecule has 3 rings (SSSR count). The standard InChI is InChI=1S/C20H24N2O3/c23-19(14-16-4-2-1-3-5-16)15-21-20(24)17-6-8-18(9-7-17)22-10-12-25-13-11-22/h1-9,19,23H,10-15H2,(H,21,24)/t19-/m0/s1. The van der Waals surface area contributed by atoms with Crippen molar-refractivity contribution in [1.82, 2.24) is 5.32 Å². The molecule has 5 heteroatoms. The number of carbonyl (C=O) groups is 1. The molecule has 0 aromatic heterocycles. The first-order chi connectivity index (χ1) is 12.2. The number of morpholine rings is 1. The Hall–Kier alpha value is -2.37. The first-order valence-corrected chi connectivity index (χ1v) is 8.65. The number of nitrogens with one attached hydrogen (secondary N) is 1. The summed E-state index contributed by atoms with van der Waals surface area (Å²) in [5.41, 5.74) is 2.76. The predicted octanol–water partition coefficient (Wildman–Crippen LogP) is 1.86. The molecule has 0 unspecified atom stereocenters. The average Bonchev–Trinajstić information content (AvgIpc) is 2.68. The number of amides is 1. The molecular formula is C20H24N2O3. The Labute approximate surface area is 148 Å². The van der Waals surface area contributed by atoms with Crippen LogP contribution in [0, 0.1) is 0 Å². The Bertz CT molecular complexity index is 667. The third-order valence-corrected chi connectivity index (χ3v) is 4.32. The van der Waals surface area contributed by atoms with E-state index in [-0.39, 0.29) is 12.5 Å². The van der Waals surface area contributed by atoms with Crippen LogP contribution in [0.15, 0.2) is 54.6 Å². The van der Waals surface area contributed by atoms with E-state index in [0.717, 1.165) is 37.6 Å². The quantitative estimate of drug-likeness (QED) is 0.843. The lowest BCUT2D eigenvalue weighted by atomic mass is 10.1. The van der Waals surface area contributed by atoms with E-state index < -0.39 is 6.10 Å². The summed E-state index contributed by atoms with van der Waals surface area (Å²) in [6, 6.07) is 17.3. The van der Waals surface area contributed by atoms with Crippen LogP contribution in [0.1, 0.15) is 15.9 Å². The van der Waals surface area contributed by atoms with Crippen molar-refractivity contribution in [3.8, 4) is 0 Å². The lowest BCUT2D eigenvalue weighted by Crippen LogP contribution is -2.36. The van der Waals surface area contributed by atoms with Gasteiger partial charge in [0.1, 0.15) is 0 Å². The minimum Gasteiger partial charge on any atom is -0.391 e. The number of ether oxygens (including phenoxy) is 1. The molecule has 1 heterocycles. The van der Waals surface area contributed by atoms with Crippen molar-refractivity contribution in [2.75, 3.05) is 37.7 Å². The second kappa shape index (κ2) is 8.65. The number of aliphatic hydroxyl groups excluding tert-OH is 1. The molecule has 0 radical (unpaired) electrons. The molecule has 2 N–H and O–H groups in total. The van der Waals surface area contributed by atoms with Gasteiger partial charge in [0, 0.05) is 37.3 Å². The van der Waals surface area contributed by atoms with E-state index in [1.54, 1.807) is 0 Å². The van der Waals surface area contributed by atoms with Crippen LogP contribution in [0.4, 0.5) is 5.69 Å². The van der Waals surface area contributed by atoms with Crippen LogP contribution >= 0.6 is 0 Å². The Morgan fingerprint density at radius 2 is 1.76 bits per heavy atom. The lowest BCUT2D eigenvalue weighted by molar-refractivity contribution is 0.0916. The van der Waals surface area contributed by atoms with Crippen molar-refractivity contribution in [3.05, 3.63) is 65.7 Å². The van der Waals surface area contributed by atoms with Crippen molar-refractivity contribution < 1.29 is 14.6 Å². The molecule has 132 valence electrons. The zero-order valence-corrected chi connectivity index (χ0v) is 14.2. The number of hydrogen-bond donors (Lipinski definition) is 2. The fourth-order valence-electron chi connectivity index (χ4n) is 2.92. The molecule has 0 spiro atoms. The summed E-state index contributed by atoms with van der Waals surface area (Å²) < 4.78 is 5.35. The van der Waals surface area contributed by atoms with Gasteiger partial charge in [-0.3, -0.25) is 4.79 Å². The molecule has 1 amide bonds. The number of anilines is 1. The molecule has 1 aliphatic rings. The maximum absolute atomic E-state index is 12.2. The smallest absolute Gasteiger partial charge is 0.251 e. The van der Waals surface area contributed by atoms with E-state index in [0.29, 0.717) is 12.0 Å². The topological polar surface area (TPSA) is 61.8 Å². The summed E-state index contributed by atoms with van der Waals surface area (Å²) in [5, 5.41) is 12.9. The first kappa shape index (κ1) is 17.5. The van der Waals surface area contributed by atoms with E-state index in [1.165, 1.54) is 0 Å². The van der Waals surface area contributed by atoms with Gasteiger partial charge in [-0.25, -0.2) is 0 Å². The molecule has 1 saturated heterocycles. The number of carbonyl (C=O) groups excluding carboxylic acids is 1. The maximum Gasteiger partial charge on any atom is 0.251 e.